The first-order chi connectivity index (χ1) is 12.5. The Labute approximate surface area is 183 Å². The molecule has 0 amide bonds. The number of hydrogen-bond donors (Lipinski definition) is 3. The van der Waals surface area contributed by atoms with Gasteiger partial charge in [-0.1, -0.05) is 6.07 Å². The van der Waals surface area contributed by atoms with Gasteiger partial charge in [-0.3, -0.25) is 9.89 Å². The van der Waals surface area contributed by atoms with Gasteiger partial charge < -0.3 is 15.4 Å². The van der Waals surface area contributed by atoms with E-state index >= 15 is 0 Å². The van der Waals surface area contributed by atoms with Gasteiger partial charge in [0.1, 0.15) is 4.21 Å². The van der Waals surface area contributed by atoms with Crippen LogP contribution in [0.5, 0.6) is 0 Å². The molecule has 27 heavy (non-hydrogen) atoms. The van der Waals surface area contributed by atoms with Crippen LogP contribution in [0.4, 0.5) is 0 Å². The smallest absolute Gasteiger partial charge is 0.250 e. The van der Waals surface area contributed by atoms with Gasteiger partial charge in [0.2, 0.25) is 10.0 Å². The van der Waals surface area contributed by atoms with Crippen LogP contribution in [0.3, 0.4) is 0 Å². The summed E-state index contributed by atoms with van der Waals surface area (Å²) in [4.78, 5) is 6.98. The van der Waals surface area contributed by atoms with Crippen molar-refractivity contribution in [1.82, 2.24) is 20.3 Å². The molecular weight excluding hydrogens is 501 g/mol. The zero-order valence-electron chi connectivity index (χ0n) is 15.8. The van der Waals surface area contributed by atoms with Crippen LogP contribution in [0.15, 0.2) is 26.7 Å². The van der Waals surface area contributed by atoms with Gasteiger partial charge in [-0.05, 0) is 25.3 Å². The third-order valence-electron chi connectivity index (χ3n) is 4.00. The van der Waals surface area contributed by atoms with Gasteiger partial charge >= 0.3 is 0 Å². The zero-order valence-corrected chi connectivity index (χ0v) is 19.8. The molecule has 3 N–H and O–H groups in total. The number of sulfonamides is 1. The summed E-state index contributed by atoms with van der Waals surface area (Å²) in [7, 11) is -3.42. The first-order valence-corrected chi connectivity index (χ1v) is 11.3. The molecule has 1 aromatic heterocycles. The number of hydrogen-bond acceptors (Lipinski definition) is 6. The highest BCUT2D eigenvalue weighted by Crippen LogP contribution is 2.14. The monoisotopic (exact) mass is 531 g/mol. The van der Waals surface area contributed by atoms with Crippen LogP contribution in [-0.2, 0) is 14.8 Å². The Hall–Kier alpha value is -0.470. The number of rotatable bonds is 9. The van der Waals surface area contributed by atoms with Crippen molar-refractivity contribution >= 4 is 51.3 Å². The highest BCUT2D eigenvalue weighted by atomic mass is 127. The molecule has 0 saturated carbocycles. The molecule has 1 aromatic rings. The lowest BCUT2D eigenvalue weighted by Gasteiger charge is -2.31. The summed E-state index contributed by atoms with van der Waals surface area (Å²) in [6, 6.07) is 3.66. The van der Waals surface area contributed by atoms with Crippen LogP contribution in [0.25, 0.3) is 0 Å². The van der Waals surface area contributed by atoms with Crippen LogP contribution in [-0.4, -0.2) is 77.8 Å². The van der Waals surface area contributed by atoms with Crippen LogP contribution in [0.2, 0.25) is 0 Å². The van der Waals surface area contributed by atoms with E-state index in [1.165, 1.54) is 11.3 Å². The molecule has 1 saturated heterocycles. The number of ether oxygens (including phenoxy) is 1. The summed E-state index contributed by atoms with van der Waals surface area (Å²) in [6.07, 6.45) is 0. The van der Waals surface area contributed by atoms with Crippen molar-refractivity contribution < 1.29 is 13.2 Å². The number of aliphatic imine (C=N–C) groups is 1. The average molecular weight is 531 g/mol. The van der Waals surface area contributed by atoms with E-state index in [4.69, 9.17) is 4.74 Å². The van der Waals surface area contributed by atoms with E-state index in [1.54, 1.807) is 17.5 Å². The molecule has 156 valence electrons. The molecular formula is C16H30IN5O3S2. The van der Waals surface area contributed by atoms with Crippen molar-refractivity contribution in [2.24, 2.45) is 4.99 Å². The zero-order chi connectivity index (χ0) is 18.8. The van der Waals surface area contributed by atoms with E-state index in [0.29, 0.717) is 35.8 Å². The predicted molar refractivity (Wildman–Crippen MR) is 121 cm³/mol. The Morgan fingerprint density at radius 1 is 1.33 bits per heavy atom. The minimum atomic E-state index is -3.42. The second-order valence-electron chi connectivity index (χ2n) is 5.97. The van der Waals surface area contributed by atoms with Gasteiger partial charge in [0, 0.05) is 38.8 Å². The third kappa shape index (κ3) is 8.60. The van der Waals surface area contributed by atoms with Crippen LogP contribution >= 0.6 is 35.3 Å². The third-order valence-corrected chi connectivity index (χ3v) is 6.85. The standard InChI is InChI=1S/C16H29N5O3S2.HI/c1-3-17-16(19-13-14(2)21-8-10-24-11-9-21)18-6-7-20-26(22,23)15-5-4-12-25-15;/h4-5,12,14,20H,3,6-11,13H2,1-2H3,(H2,17,18,19);1H. The lowest BCUT2D eigenvalue weighted by Crippen LogP contribution is -2.45. The fourth-order valence-electron chi connectivity index (χ4n) is 2.55. The summed E-state index contributed by atoms with van der Waals surface area (Å²) in [5.74, 6) is 0.697. The van der Waals surface area contributed by atoms with E-state index in [9.17, 15) is 8.42 Å². The van der Waals surface area contributed by atoms with E-state index < -0.39 is 10.0 Å². The van der Waals surface area contributed by atoms with Crippen molar-refractivity contribution in [2.45, 2.75) is 24.1 Å². The molecule has 0 spiro atoms. The first kappa shape index (κ1) is 24.6. The highest BCUT2D eigenvalue weighted by molar-refractivity contribution is 14.0. The van der Waals surface area contributed by atoms with Gasteiger partial charge in [0.05, 0.1) is 19.8 Å². The fraction of sp³-hybridized carbons (Fsp3) is 0.688. The number of halogens is 1. The summed E-state index contributed by atoms with van der Waals surface area (Å²) < 4.78 is 32.4. The maximum absolute atomic E-state index is 12.1. The predicted octanol–water partition coefficient (Wildman–Crippen LogP) is 0.920. The maximum atomic E-state index is 12.1. The van der Waals surface area contributed by atoms with Gasteiger partial charge in [0.15, 0.2) is 5.96 Å². The molecule has 2 heterocycles. The average Bonchev–Trinajstić information content (AvgIpc) is 3.19. The topological polar surface area (TPSA) is 95.1 Å². The number of morpholine rings is 1. The Balaban J connectivity index is 0.00000364. The first-order valence-electron chi connectivity index (χ1n) is 8.90. The molecule has 2 rings (SSSR count). The molecule has 0 bridgehead atoms. The maximum Gasteiger partial charge on any atom is 0.250 e. The van der Waals surface area contributed by atoms with Gasteiger partial charge in [-0.25, -0.2) is 13.1 Å². The molecule has 11 heteroatoms. The normalized spacial score (nSPS) is 17.2. The second-order valence-corrected chi connectivity index (χ2v) is 8.92. The lowest BCUT2D eigenvalue weighted by atomic mass is 10.2. The summed E-state index contributed by atoms with van der Waals surface area (Å²) in [6.45, 7) is 9.76. The van der Waals surface area contributed by atoms with E-state index in [2.05, 4.69) is 32.2 Å². The summed E-state index contributed by atoms with van der Waals surface area (Å²) >= 11 is 1.21. The van der Waals surface area contributed by atoms with Crippen molar-refractivity contribution in [1.29, 1.82) is 0 Å². The molecule has 8 nitrogen and oxygen atoms in total. The van der Waals surface area contributed by atoms with Crippen LogP contribution in [0.1, 0.15) is 13.8 Å². The Kier molecular flexibility index (Phi) is 11.7. The van der Waals surface area contributed by atoms with Crippen LogP contribution in [0, 0.1) is 0 Å². The lowest BCUT2D eigenvalue weighted by molar-refractivity contribution is 0.0220. The van der Waals surface area contributed by atoms with Gasteiger partial charge in [-0.2, -0.15) is 0 Å². The largest absolute Gasteiger partial charge is 0.379 e. The molecule has 1 atom stereocenters. The molecule has 1 aliphatic heterocycles. The molecule has 0 aromatic carbocycles. The van der Waals surface area contributed by atoms with Gasteiger partial charge in [0.25, 0.3) is 0 Å². The fourth-order valence-corrected chi connectivity index (χ4v) is 4.62. The van der Waals surface area contributed by atoms with Gasteiger partial charge in [-0.15, -0.1) is 35.3 Å². The van der Waals surface area contributed by atoms with Crippen molar-refractivity contribution in [3.8, 4) is 0 Å². The Bertz CT molecular complexity index is 649. The minimum absolute atomic E-state index is 0. The molecule has 1 aliphatic rings. The quantitative estimate of drug-likeness (QED) is 0.190. The SMILES string of the molecule is CCNC(=NCC(C)N1CCOCC1)NCCNS(=O)(=O)c1cccs1.I. The Morgan fingerprint density at radius 3 is 2.70 bits per heavy atom. The molecule has 0 radical (unpaired) electrons. The van der Waals surface area contributed by atoms with Crippen molar-refractivity contribution in [2.75, 3.05) is 52.5 Å². The molecule has 0 aliphatic carbocycles. The Morgan fingerprint density at radius 2 is 2.07 bits per heavy atom. The number of guanidine groups is 1. The molecule has 1 fully saturated rings. The van der Waals surface area contributed by atoms with Crippen molar-refractivity contribution in [3.05, 3.63) is 17.5 Å². The van der Waals surface area contributed by atoms with Crippen molar-refractivity contribution in [3.63, 3.8) is 0 Å². The summed E-state index contributed by atoms with van der Waals surface area (Å²) in [5.41, 5.74) is 0. The highest BCUT2D eigenvalue weighted by Gasteiger charge is 2.17. The minimum Gasteiger partial charge on any atom is -0.379 e. The number of nitrogens with one attached hydrogen (secondary N) is 3. The summed E-state index contributed by atoms with van der Waals surface area (Å²) in [5, 5.41) is 8.10. The van der Waals surface area contributed by atoms with E-state index in [0.717, 1.165) is 32.8 Å². The number of nitrogens with zero attached hydrogens (tertiary/aromatic N) is 2. The van der Waals surface area contributed by atoms with E-state index in [-0.39, 0.29) is 24.0 Å². The van der Waals surface area contributed by atoms with Crippen LogP contribution < -0.4 is 15.4 Å². The molecule has 1 unspecified atom stereocenters. The second kappa shape index (κ2) is 12.9. The number of thiophene rings is 1. The van der Waals surface area contributed by atoms with E-state index in [1.807, 2.05) is 6.92 Å².